The lowest BCUT2D eigenvalue weighted by Crippen LogP contribution is -2.13. The lowest BCUT2D eigenvalue weighted by Gasteiger charge is -2.04. The summed E-state index contributed by atoms with van der Waals surface area (Å²) >= 11 is 0. The molecule has 4 aromatic rings. The van der Waals surface area contributed by atoms with Crippen molar-refractivity contribution in [2.75, 3.05) is 6.79 Å². The number of hydrogen-bond donors (Lipinski definition) is 2. The maximum atomic E-state index is 11.8. The number of aromatic nitrogens is 2. The summed E-state index contributed by atoms with van der Waals surface area (Å²) in [5.41, 5.74) is 2.89. The molecule has 0 radical (unpaired) electrons. The smallest absolute Gasteiger partial charge is 0.357 e. The molecule has 0 aliphatic rings. The van der Waals surface area contributed by atoms with E-state index in [1.807, 2.05) is 0 Å². The minimum absolute atomic E-state index is 0.216. The molecule has 8 heteroatoms. The highest BCUT2D eigenvalue weighted by Gasteiger charge is 2.15. The van der Waals surface area contributed by atoms with E-state index in [1.165, 1.54) is 24.7 Å². The van der Waals surface area contributed by atoms with Crippen molar-refractivity contribution in [2.45, 2.75) is 0 Å². The van der Waals surface area contributed by atoms with E-state index in [0.29, 0.717) is 22.2 Å². The quantitative estimate of drug-likeness (QED) is 0.442. The van der Waals surface area contributed by atoms with E-state index in [2.05, 4.69) is 9.97 Å². The molecular formula is C15H10N2O6. The van der Waals surface area contributed by atoms with Gasteiger partial charge in [-0.25, -0.2) is 9.59 Å². The lowest BCUT2D eigenvalue weighted by molar-refractivity contribution is -0.0173. The lowest BCUT2D eigenvalue weighted by atomic mass is 10.4. The molecule has 0 spiro atoms. The molecule has 0 saturated heterocycles. The topological polar surface area (TPSA) is 110 Å². The van der Waals surface area contributed by atoms with Crippen LogP contribution in [0.3, 0.4) is 0 Å². The van der Waals surface area contributed by atoms with Crippen molar-refractivity contribution in [2.24, 2.45) is 0 Å². The molecule has 0 bridgehead atoms. The zero-order chi connectivity index (χ0) is 15.8. The number of fused-ring (bicyclic) bond motifs is 2. The fourth-order valence-electron chi connectivity index (χ4n) is 2.21. The molecule has 0 aromatic carbocycles. The monoisotopic (exact) mass is 314 g/mol. The van der Waals surface area contributed by atoms with Gasteiger partial charge in [0.05, 0.1) is 23.6 Å². The van der Waals surface area contributed by atoms with Crippen molar-refractivity contribution in [3.63, 3.8) is 0 Å². The van der Waals surface area contributed by atoms with Gasteiger partial charge in [0.1, 0.15) is 11.4 Å². The second-order valence-corrected chi connectivity index (χ2v) is 4.74. The number of hydrogen-bond acceptors (Lipinski definition) is 6. The van der Waals surface area contributed by atoms with Gasteiger partial charge in [-0.3, -0.25) is 0 Å². The molecule has 0 aliphatic heterocycles. The van der Waals surface area contributed by atoms with Crippen LogP contribution in [-0.4, -0.2) is 28.7 Å². The minimum atomic E-state index is -0.649. The Morgan fingerprint density at radius 3 is 1.78 bits per heavy atom. The van der Waals surface area contributed by atoms with Crippen LogP contribution in [0.5, 0.6) is 0 Å². The van der Waals surface area contributed by atoms with E-state index >= 15 is 0 Å². The molecule has 4 heterocycles. The number of H-pyrrole nitrogens is 2. The summed E-state index contributed by atoms with van der Waals surface area (Å²) in [7, 11) is 0. The second-order valence-electron chi connectivity index (χ2n) is 4.74. The van der Waals surface area contributed by atoms with Crippen LogP contribution in [0.15, 0.2) is 45.6 Å². The third-order valence-corrected chi connectivity index (χ3v) is 3.30. The number of aromatic amines is 2. The first-order valence-electron chi connectivity index (χ1n) is 6.67. The normalized spacial score (nSPS) is 11.1. The highest BCUT2D eigenvalue weighted by Crippen LogP contribution is 2.18. The Hall–Kier alpha value is -3.42. The fraction of sp³-hybridized carbons (Fsp3) is 0.0667. The Bertz CT molecular complexity index is 864. The summed E-state index contributed by atoms with van der Waals surface area (Å²) in [6.07, 6.45) is 3.01. The molecule has 4 rings (SSSR count). The van der Waals surface area contributed by atoms with Gasteiger partial charge in [-0.2, -0.15) is 0 Å². The predicted octanol–water partition coefficient (Wildman–Crippen LogP) is 2.81. The summed E-state index contributed by atoms with van der Waals surface area (Å²) in [4.78, 5) is 29.3. The van der Waals surface area contributed by atoms with Crippen LogP contribution in [0.4, 0.5) is 0 Å². The van der Waals surface area contributed by atoms with Crippen LogP contribution in [0.25, 0.3) is 22.2 Å². The SMILES string of the molecule is O=C(OCOC(=O)c1cc2occc2[nH]1)c1cc2occc2[nH]1. The van der Waals surface area contributed by atoms with Gasteiger partial charge in [-0.1, -0.05) is 0 Å². The molecule has 0 amide bonds. The first-order valence-corrected chi connectivity index (χ1v) is 6.67. The van der Waals surface area contributed by atoms with Gasteiger partial charge < -0.3 is 28.3 Å². The predicted molar refractivity (Wildman–Crippen MR) is 76.8 cm³/mol. The van der Waals surface area contributed by atoms with Gasteiger partial charge in [0.2, 0.25) is 6.79 Å². The summed E-state index contributed by atoms with van der Waals surface area (Å²) in [5, 5.41) is 0. The maximum absolute atomic E-state index is 11.8. The van der Waals surface area contributed by atoms with Crippen molar-refractivity contribution in [3.8, 4) is 0 Å². The first-order chi connectivity index (χ1) is 11.2. The summed E-state index contributed by atoms with van der Waals surface area (Å²) in [5.74, 6) is -1.30. The molecular weight excluding hydrogens is 304 g/mol. The Kier molecular flexibility index (Phi) is 2.94. The number of carbonyl (C=O) groups is 2. The van der Waals surface area contributed by atoms with Gasteiger partial charge in [0, 0.05) is 24.3 Å². The second kappa shape index (κ2) is 5.09. The summed E-state index contributed by atoms with van der Waals surface area (Å²) < 4.78 is 20.0. The van der Waals surface area contributed by atoms with Crippen molar-refractivity contribution < 1.29 is 27.9 Å². The van der Waals surface area contributed by atoms with Gasteiger partial charge >= 0.3 is 11.9 Å². The molecule has 0 fully saturated rings. The first kappa shape index (κ1) is 13.3. The molecule has 0 atom stereocenters. The Morgan fingerprint density at radius 2 is 1.35 bits per heavy atom. The number of carbonyl (C=O) groups excluding carboxylic acids is 2. The van der Waals surface area contributed by atoms with Crippen molar-refractivity contribution in [1.29, 1.82) is 0 Å². The van der Waals surface area contributed by atoms with Crippen LogP contribution >= 0.6 is 0 Å². The number of esters is 2. The molecule has 23 heavy (non-hydrogen) atoms. The fourth-order valence-corrected chi connectivity index (χ4v) is 2.21. The number of nitrogens with one attached hydrogen (secondary N) is 2. The van der Waals surface area contributed by atoms with Gasteiger partial charge in [0.15, 0.2) is 11.2 Å². The summed E-state index contributed by atoms with van der Waals surface area (Å²) in [6.45, 7) is -0.502. The summed E-state index contributed by atoms with van der Waals surface area (Å²) in [6, 6.07) is 6.40. The Morgan fingerprint density at radius 1 is 0.870 bits per heavy atom. The van der Waals surface area contributed by atoms with E-state index in [9.17, 15) is 9.59 Å². The minimum Gasteiger partial charge on any atom is -0.463 e. The third kappa shape index (κ3) is 2.35. The van der Waals surface area contributed by atoms with Gasteiger partial charge in [-0.15, -0.1) is 0 Å². The average Bonchev–Trinajstić information content (AvgIpc) is 3.25. The highest BCUT2D eigenvalue weighted by atomic mass is 16.7. The van der Waals surface area contributed by atoms with Gasteiger partial charge in [-0.05, 0) is 0 Å². The number of ether oxygens (including phenoxy) is 2. The Labute approximate surface area is 128 Å². The van der Waals surface area contributed by atoms with E-state index in [-0.39, 0.29) is 11.4 Å². The van der Waals surface area contributed by atoms with E-state index in [4.69, 9.17) is 18.3 Å². The highest BCUT2D eigenvalue weighted by molar-refractivity contribution is 5.94. The average molecular weight is 314 g/mol. The molecule has 0 unspecified atom stereocenters. The van der Waals surface area contributed by atoms with E-state index < -0.39 is 18.7 Å². The van der Waals surface area contributed by atoms with Crippen molar-refractivity contribution in [1.82, 2.24) is 9.97 Å². The Balaban J connectivity index is 1.35. The third-order valence-electron chi connectivity index (χ3n) is 3.30. The molecule has 0 saturated carbocycles. The van der Waals surface area contributed by atoms with E-state index in [0.717, 1.165) is 0 Å². The molecule has 116 valence electrons. The van der Waals surface area contributed by atoms with Crippen molar-refractivity contribution >= 4 is 34.1 Å². The zero-order valence-electron chi connectivity index (χ0n) is 11.6. The maximum Gasteiger partial charge on any atom is 0.357 e. The number of rotatable bonds is 4. The molecule has 8 nitrogen and oxygen atoms in total. The van der Waals surface area contributed by atoms with Crippen LogP contribution in [0, 0.1) is 0 Å². The zero-order valence-corrected chi connectivity index (χ0v) is 11.6. The van der Waals surface area contributed by atoms with E-state index in [1.54, 1.807) is 12.1 Å². The van der Waals surface area contributed by atoms with Crippen LogP contribution < -0.4 is 0 Å². The van der Waals surface area contributed by atoms with Crippen LogP contribution in [-0.2, 0) is 9.47 Å². The largest absolute Gasteiger partial charge is 0.463 e. The standard InChI is InChI=1S/C15H10N2O6/c18-14(10-5-12-8(16-10)1-3-20-12)22-7-23-15(19)11-6-13-9(17-11)2-4-21-13/h1-6,16-17H,7H2. The van der Waals surface area contributed by atoms with Crippen LogP contribution in [0.1, 0.15) is 21.0 Å². The van der Waals surface area contributed by atoms with Gasteiger partial charge in [0.25, 0.3) is 0 Å². The van der Waals surface area contributed by atoms with Crippen LogP contribution in [0.2, 0.25) is 0 Å². The van der Waals surface area contributed by atoms with Crippen molar-refractivity contribution in [3.05, 3.63) is 48.2 Å². The molecule has 0 aliphatic carbocycles. The molecule has 4 aromatic heterocycles. The number of furan rings is 2. The molecule has 2 N–H and O–H groups in total.